The van der Waals surface area contributed by atoms with E-state index in [1.54, 1.807) is 0 Å². The van der Waals surface area contributed by atoms with Gasteiger partial charge in [0.1, 0.15) is 0 Å². The molecule has 2 N–H and O–H groups in total. The number of aliphatic imine (C=N–C) groups is 1. The third-order valence-corrected chi connectivity index (χ3v) is 3.48. The topological polar surface area (TPSA) is 41.6 Å². The van der Waals surface area contributed by atoms with E-state index < -0.39 is 0 Å². The van der Waals surface area contributed by atoms with Crippen LogP contribution >= 0.6 is 11.6 Å². The molecule has 3 nitrogen and oxygen atoms in total. The number of rotatable bonds is 3. The average Bonchev–Trinajstić information content (AvgIpc) is 2.60. The molecule has 1 heterocycles. The van der Waals surface area contributed by atoms with Crippen LogP contribution in [0.3, 0.4) is 0 Å². The Balaban J connectivity index is 2.27. The van der Waals surface area contributed by atoms with Crippen molar-refractivity contribution in [3.8, 4) is 0 Å². The number of guanidine groups is 1. The van der Waals surface area contributed by atoms with Crippen LogP contribution in [0.25, 0.3) is 0 Å². The Labute approximate surface area is 114 Å². The highest BCUT2D eigenvalue weighted by molar-refractivity contribution is 6.30. The summed E-state index contributed by atoms with van der Waals surface area (Å²) in [5.41, 5.74) is 8.45. The molecular formula is C14H20ClN3. The molecule has 0 bridgehead atoms. The molecule has 0 saturated heterocycles. The largest absolute Gasteiger partial charge is 0.370 e. The molecule has 0 radical (unpaired) electrons. The number of benzene rings is 1. The van der Waals surface area contributed by atoms with Crippen molar-refractivity contribution in [1.82, 2.24) is 4.90 Å². The lowest BCUT2D eigenvalue weighted by Gasteiger charge is -2.29. The minimum atomic E-state index is 0.254. The van der Waals surface area contributed by atoms with E-state index >= 15 is 0 Å². The van der Waals surface area contributed by atoms with Crippen molar-refractivity contribution in [3.63, 3.8) is 0 Å². The van der Waals surface area contributed by atoms with Gasteiger partial charge in [0.2, 0.25) is 0 Å². The van der Waals surface area contributed by atoms with E-state index in [-0.39, 0.29) is 6.04 Å². The van der Waals surface area contributed by atoms with E-state index in [1.807, 2.05) is 12.1 Å². The predicted octanol–water partition coefficient (Wildman–Crippen LogP) is 2.98. The van der Waals surface area contributed by atoms with E-state index in [0.717, 1.165) is 18.1 Å². The van der Waals surface area contributed by atoms with E-state index in [2.05, 4.69) is 36.7 Å². The van der Waals surface area contributed by atoms with Gasteiger partial charge in [0.05, 0.1) is 12.6 Å². The molecule has 1 unspecified atom stereocenters. The summed E-state index contributed by atoms with van der Waals surface area (Å²) < 4.78 is 0. The minimum absolute atomic E-state index is 0.254. The van der Waals surface area contributed by atoms with Crippen LogP contribution in [-0.2, 0) is 0 Å². The first kappa shape index (κ1) is 13.2. The molecule has 98 valence electrons. The third kappa shape index (κ3) is 2.61. The molecule has 0 aliphatic carbocycles. The van der Waals surface area contributed by atoms with Gasteiger partial charge in [-0.15, -0.1) is 0 Å². The van der Waals surface area contributed by atoms with Crippen LogP contribution in [0.5, 0.6) is 0 Å². The number of hydrogen-bond donors (Lipinski definition) is 1. The van der Waals surface area contributed by atoms with E-state index in [1.165, 1.54) is 11.1 Å². The summed E-state index contributed by atoms with van der Waals surface area (Å²) in [6, 6.07) is 6.28. The summed E-state index contributed by atoms with van der Waals surface area (Å²) in [5, 5.41) is 0.776. The second kappa shape index (κ2) is 5.19. The van der Waals surface area contributed by atoms with E-state index in [4.69, 9.17) is 17.3 Å². The first-order chi connectivity index (χ1) is 8.49. The van der Waals surface area contributed by atoms with Gasteiger partial charge < -0.3 is 10.6 Å². The monoisotopic (exact) mass is 265 g/mol. The number of aryl methyl sites for hydroxylation is 1. The van der Waals surface area contributed by atoms with Crippen LogP contribution in [0, 0.1) is 12.8 Å². The number of hydrogen-bond acceptors (Lipinski definition) is 3. The molecule has 0 saturated carbocycles. The Morgan fingerprint density at radius 2 is 2.22 bits per heavy atom. The van der Waals surface area contributed by atoms with Crippen molar-refractivity contribution in [3.05, 3.63) is 34.3 Å². The zero-order valence-corrected chi connectivity index (χ0v) is 11.9. The van der Waals surface area contributed by atoms with Crippen LogP contribution in [0.1, 0.15) is 31.0 Å². The summed E-state index contributed by atoms with van der Waals surface area (Å²) in [5.74, 6) is 1.22. The van der Waals surface area contributed by atoms with E-state index in [0.29, 0.717) is 11.9 Å². The summed E-state index contributed by atoms with van der Waals surface area (Å²) in [7, 11) is 0. The fourth-order valence-electron chi connectivity index (χ4n) is 2.42. The van der Waals surface area contributed by atoms with Crippen LogP contribution in [0.2, 0.25) is 5.02 Å². The Morgan fingerprint density at radius 3 is 2.83 bits per heavy atom. The number of nitrogens with zero attached hydrogens (tertiary/aromatic N) is 2. The standard InChI is InChI=1S/C14H20ClN3/c1-9(2)8-18-13(7-17-14(18)16)12-5-4-11(15)6-10(12)3/h4-6,9,13H,7-8H2,1-3H3,(H2,16,17). The molecule has 18 heavy (non-hydrogen) atoms. The number of halogens is 1. The molecule has 0 amide bonds. The van der Waals surface area contributed by atoms with Crippen molar-refractivity contribution >= 4 is 17.6 Å². The molecule has 1 aromatic carbocycles. The van der Waals surface area contributed by atoms with Gasteiger partial charge in [-0.2, -0.15) is 0 Å². The lowest BCUT2D eigenvalue weighted by molar-refractivity contribution is 0.308. The molecule has 2 rings (SSSR count). The minimum Gasteiger partial charge on any atom is -0.370 e. The second-order valence-electron chi connectivity index (χ2n) is 5.26. The van der Waals surface area contributed by atoms with Crippen LogP contribution in [-0.4, -0.2) is 23.9 Å². The van der Waals surface area contributed by atoms with Crippen molar-refractivity contribution < 1.29 is 0 Å². The van der Waals surface area contributed by atoms with Crippen LogP contribution in [0.4, 0.5) is 0 Å². The Bertz CT molecular complexity index is 468. The Hall–Kier alpha value is -1.22. The van der Waals surface area contributed by atoms with Gasteiger partial charge in [0.15, 0.2) is 5.96 Å². The summed E-state index contributed by atoms with van der Waals surface area (Å²) >= 11 is 6.01. The average molecular weight is 266 g/mol. The maximum Gasteiger partial charge on any atom is 0.191 e. The smallest absolute Gasteiger partial charge is 0.191 e. The zero-order chi connectivity index (χ0) is 13.3. The molecule has 1 atom stereocenters. The summed E-state index contributed by atoms with van der Waals surface area (Å²) in [4.78, 5) is 6.57. The predicted molar refractivity (Wildman–Crippen MR) is 77.0 cm³/mol. The Kier molecular flexibility index (Phi) is 3.81. The van der Waals surface area contributed by atoms with Gasteiger partial charge >= 0.3 is 0 Å². The molecule has 1 aliphatic rings. The van der Waals surface area contributed by atoms with Crippen LogP contribution < -0.4 is 5.73 Å². The summed E-state index contributed by atoms with van der Waals surface area (Å²) in [6.45, 7) is 8.14. The first-order valence-corrected chi connectivity index (χ1v) is 6.69. The van der Waals surface area contributed by atoms with Gasteiger partial charge in [0.25, 0.3) is 0 Å². The molecule has 4 heteroatoms. The zero-order valence-electron chi connectivity index (χ0n) is 11.2. The van der Waals surface area contributed by atoms with Crippen molar-refractivity contribution in [2.75, 3.05) is 13.1 Å². The van der Waals surface area contributed by atoms with Gasteiger partial charge in [-0.1, -0.05) is 31.5 Å². The molecule has 0 fully saturated rings. The molecule has 1 aromatic rings. The SMILES string of the molecule is Cc1cc(Cl)ccc1C1CN=C(N)N1CC(C)C. The lowest BCUT2D eigenvalue weighted by atomic mass is 10.00. The van der Waals surface area contributed by atoms with Gasteiger partial charge in [0, 0.05) is 11.6 Å². The van der Waals surface area contributed by atoms with Gasteiger partial charge in [-0.25, -0.2) is 0 Å². The van der Waals surface area contributed by atoms with Crippen molar-refractivity contribution in [2.24, 2.45) is 16.6 Å². The number of nitrogens with two attached hydrogens (primary N) is 1. The van der Waals surface area contributed by atoms with Crippen LogP contribution in [0.15, 0.2) is 23.2 Å². The molecule has 1 aliphatic heterocycles. The second-order valence-corrected chi connectivity index (χ2v) is 5.70. The first-order valence-electron chi connectivity index (χ1n) is 6.31. The highest BCUT2D eigenvalue weighted by Gasteiger charge is 2.28. The molecule has 0 aromatic heterocycles. The van der Waals surface area contributed by atoms with Gasteiger partial charge in [-0.05, 0) is 36.1 Å². The van der Waals surface area contributed by atoms with E-state index in [9.17, 15) is 0 Å². The summed E-state index contributed by atoms with van der Waals surface area (Å²) in [6.07, 6.45) is 0. The highest BCUT2D eigenvalue weighted by atomic mass is 35.5. The lowest BCUT2D eigenvalue weighted by Crippen LogP contribution is -2.38. The molecular weight excluding hydrogens is 246 g/mol. The van der Waals surface area contributed by atoms with Gasteiger partial charge in [-0.3, -0.25) is 4.99 Å². The highest BCUT2D eigenvalue weighted by Crippen LogP contribution is 2.30. The normalized spacial score (nSPS) is 19.5. The quantitative estimate of drug-likeness (QED) is 0.913. The van der Waals surface area contributed by atoms with Crippen molar-refractivity contribution in [2.45, 2.75) is 26.8 Å². The third-order valence-electron chi connectivity index (χ3n) is 3.25. The fourth-order valence-corrected chi connectivity index (χ4v) is 2.65. The fraction of sp³-hybridized carbons (Fsp3) is 0.500. The maximum absolute atomic E-state index is 6.01. The Morgan fingerprint density at radius 1 is 1.50 bits per heavy atom. The molecule has 0 spiro atoms. The van der Waals surface area contributed by atoms with Crippen molar-refractivity contribution in [1.29, 1.82) is 0 Å². The maximum atomic E-state index is 6.01.